The molecule has 1 N–H and O–H groups in total. The summed E-state index contributed by atoms with van der Waals surface area (Å²) in [5.41, 5.74) is 0.964. The molecule has 0 saturated carbocycles. The molecular weight excluding hydrogens is 210 g/mol. The van der Waals surface area contributed by atoms with Gasteiger partial charge in [0.1, 0.15) is 0 Å². The molecule has 0 unspecified atom stereocenters. The highest BCUT2D eigenvalue weighted by molar-refractivity contribution is 6.30. The van der Waals surface area contributed by atoms with Crippen LogP contribution < -0.4 is 5.32 Å². The van der Waals surface area contributed by atoms with Crippen LogP contribution in [0.5, 0.6) is 0 Å². The zero-order valence-electron chi connectivity index (χ0n) is 8.66. The van der Waals surface area contributed by atoms with Crippen LogP contribution in [0.25, 0.3) is 6.08 Å². The van der Waals surface area contributed by atoms with Gasteiger partial charge in [0.15, 0.2) is 0 Å². The van der Waals surface area contributed by atoms with Crippen LogP contribution in [0.3, 0.4) is 0 Å². The number of hydrogen-bond acceptors (Lipinski definition) is 1. The Bertz CT molecular complexity index is 343. The number of hydrogen-bond donors (Lipinski definition) is 1. The minimum atomic E-state index is -0.0631. The molecule has 0 heterocycles. The summed E-state index contributed by atoms with van der Waals surface area (Å²) in [4.78, 5) is 11.2. The second-order valence-corrected chi connectivity index (χ2v) is 3.61. The number of benzene rings is 1. The van der Waals surface area contributed by atoms with Crippen LogP contribution in [0.2, 0.25) is 5.02 Å². The molecule has 1 rings (SSSR count). The maximum absolute atomic E-state index is 11.2. The average Bonchev–Trinajstić information content (AvgIpc) is 2.25. The molecular formula is C12H14ClNO. The van der Waals surface area contributed by atoms with Gasteiger partial charge in [-0.05, 0) is 30.2 Å². The van der Waals surface area contributed by atoms with E-state index in [4.69, 9.17) is 11.6 Å². The molecule has 1 aromatic carbocycles. The summed E-state index contributed by atoms with van der Waals surface area (Å²) in [6.07, 6.45) is 4.24. The lowest BCUT2D eigenvalue weighted by atomic mass is 10.2. The maximum atomic E-state index is 11.2. The SMILES string of the molecule is CCCNC(=O)/C=C/c1ccc(Cl)cc1. The van der Waals surface area contributed by atoms with Crippen molar-refractivity contribution in [2.45, 2.75) is 13.3 Å². The van der Waals surface area contributed by atoms with E-state index in [0.29, 0.717) is 11.6 Å². The highest BCUT2D eigenvalue weighted by atomic mass is 35.5. The van der Waals surface area contributed by atoms with E-state index in [0.717, 1.165) is 12.0 Å². The van der Waals surface area contributed by atoms with Crippen LogP contribution in [0.1, 0.15) is 18.9 Å². The van der Waals surface area contributed by atoms with Crippen LogP contribution in [-0.4, -0.2) is 12.5 Å². The normalized spacial score (nSPS) is 10.5. The predicted molar refractivity (Wildman–Crippen MR) is 63.8 cm³/mol. The van der Waals surface area contributed by atoms with Gasteiger partial charge in [-0.15, -0.1) is 0 Å². The van der Waals surface area contributed by atoms with Crippen LogP contribution in [0.4, 0.5) is 0 Å². The smallest absolute Gasteiger partial charge is 0.243 e. The van der Waals surface area contributed by atoms with E-state index >= 15 is 0 Å². The van der Waals surface area contributed by atoms with Crippen molar-refractivity contribution < 1.29 is 4.79 Å². The van der Waals surface area contributed by atoms with Crippen molar-refractivity contribution in [3.8, 4) is 0 Å². The number of rotatable bonds is 4. The molecule has 0 radical (unpaired) electrons. The summed E-state index contributed by atoms with van der Waals surface area (Å²) >= 11 is 5.74. The lowest BCUT2D eigenvalue weighted by molar-refractivity contribution is -0.116. The van der Waals surface area contributed by atoms with Crippen LogP contribution in [0.15, 0.2) is 30.3 Å². The molecule has 80 valence electrons. The lowest BCUT2D eigenvalue weighted by Gasteiger charge is -1.97. The second-order valence-electron chi connectivity index (χ2n) is 3.18. The second kappa shape index (κ2) is 6.25. The monoisotopic (exact) mass is 223 g/mol. The molecule has 0 saturated heterocycles. The molecule has 1 amide bonds. The molecule has 3 heteroatoms. The lowest BCUT2D eigenvalue weighted by Crippen LogP contribution is -2.21. The van der Waals surface area contributed by atoms with Crippen molar-refractivity contribution in [1.82, 2.24) is 5.32 Å². The first-order valence-electron chi connectivity index (χ1n) is 4.94. The Hall–Kier alpha value is -1.28. The first-order chi connectivity index (χ1) is 7.22. The molecule has 0 aliphatic carbocycles. The van der Waals surface area contributed by atoms with Crippen molar-refractivity contribution in [1.29, 1.82) is 0 Å². The van der Waals surface area contributed by atoms with E-state index in [2.05, 4.69) is 5.32 Å². The predicted octanol–water partition coefficient (Wildman–Crippen LogP) is 2.88. The van der Waals surface area contributed by atoms with Gasteiger partial charge in [0, 0.05) is 17.6 Å². The van der Waals surface area contributed by atoms with Gasteiger partial charge in [-0.25, -0.2) is 0 Å². The Balaban J connectivity index is 2.50. The third-order valence-corrected chi connectivity index (χ3v) is 2.10. The quantitative estimate of drug-likeness (QED) is 0.782. The van der Waals surface area contributed by atoms with E-state index in [1.807, 2.05) is 19.1 Å². The molecule has 0 spiro atoms. The Morgan fingerprint density at radius 3 is 2.67 bits per heavy atom. The summed E-state index contributed by atoms with van der Waals surface area (Å²) in [6, 6.07) is 7.33. The van der Waals surface area contributed by atoms with Crippen molar-refractivity contribution in [2.24, 2.45) is 0 Å². The van der Waals surface area contributed by atoms with Gasteiger partial charge in [-0.3, -0.25) is 4.79 Å². The van der Waals surface area contributed by atoms with Crippen molar-refractivity contribution in [2.75, 3.05) is 6.54 Å². The van der Waals surface area contributed by atoms with E-state index in [-0.39, 0.29) is 5.91 Å². The van der Waals surface area contributed by atoms with E-state index in [1.54, 1.807) is 18.2 Å². The van der Waals surface area contributed by atoms with E-state index < -0.39 is 0 Å². The van der Waals surface area contributed by atoms with Gasteiger partial charge in [-0.1, -0.05) is 30.7 Å². The first kappa shape index (κ1) is 11.8. The Morgan fingerprint density at radius 1 is 1.40 bits per heavy atom. The molecule has 15 heavy (non-hydrogen) atoms. The average molecular weight is 224 g/mol. The zero-order chi connectivity index (χ0) is 11.1. The third kappa shape index (κ3) is 4.66. The molecule has 1 aromatic rings. The van der Waals surface area contributed by atoms with Crippen molar-refractivity contribution in [3.05, 3.63) is 40.9 Å². The van der Waals surface area contributed by atoms with Gasteiger partial charge in [0.05, 0.1) is 0 Å². The van der Waals surface area contributed by atoms with Crippen LogP contribution in [-0.2, 0) is 4.79 Å². The Labute approximate surface area is 94.9 Å². The molecule has 2 nitrogen and oxygen atoms in total. The number of amides is 1. The largest absolute Gasteiger partial charge is 0.353 e. The summed E-state index contributed by atoms with van der Waals surface area (Å²) < 4.78 is 0. The van der Waals surface area contributed by atoms with Gasteiger partial charge in [-0.2, -0.15) is 0 Å². The number of carbonyl (C=O) groups is 1. The summed E-state index contributed by atoms with van der Waals surface area (Å²) in [6.45, 7) is 2.73. The Morgan fingerprint density at radius 2 is 2.07 bits per heavy atom. The minimum Gasteiger partial charge on any atom is -0.353 e. The fourth-order valence-corrected chi connectivity index (χ4v) is 1.18. The molecule has 0 fully saturated rings. The van der Waals surface area contributed by atoms with Crippen LogP contribution >= 0.6 is 11.6 Å². The zero-order valence-corrected chi connectivity index (χ0v) is 9.42. The molecule has 0 atom stereocenters. The fourth-order valence-electron chi connectivity index (χ4n) is 1.05. The van der Waals surface area contributed by atoms with E-state index in [9.17, 15) is 4.79 Å². The highest BCUT2D eigenvalue weighted by Crippen LogP contribution is 2.10. The minimum absolute atomic E-state index is 0.0631. The van der Waals surface area contributed by atoms with E-state index in [1.165, 1.54) is 6.08 Å². The molecule has 0 aliphatic rings. The molecule has 0 bridgehead atoms. The third-order valence-electron chi connectivity index (χ3n) is 1.85. The number of carbonyl (C=O) groups excluding carboxylic acids is 1. The standard InChI is InChI=1S/C12H14ClNO/c1-2-9-14-12(15)8-5-10-3-6-11(13)7-4-10/h3-8H,2,9H2,1H3,(H,14,15)/b8-5+. The molecule has 0 aromatic heterocycles. The van der Waals surface area contributed by atoms with Gasteiger partial charge in [0.2, 0.25) is 5.91 Å². The number of halogens is 1. The summed E-state index contributed by atoms with van der Waals surface area (Å²) in [5, 5.41) is 3.46. The van der Waals surface area contributed by atoms with Crippen molar-refractivity contribution >= 4 is 23.6 Å². The highest BCUT2D eigenvalue weighted by Gasteiger charge is 1.93. The molecule has 0 aliphatic heterocycles. The summed E-state index contributed by atoms with van der Waals surface area (Å²) in [7, 11) is 0. The summed E-state index contributed by atoms with van der Waals surface area (Å²) in [5.74, 6) is -0.0631. The topological polar surface area (TPSA) is 29.1 Å². The van der Waals surface area contributed by atoms with Gasteiger partial charge >= 0.3 is 0 Å². The van der Waals surface area contributed by atoms with Gasteiger partial charge < -0.3 is 5.32 Å². The Kier molecular flexibility index (Phi) is 4.91. The fraction of sp³-hybridized carbons (Fsp3) is 0.250. The van der Waals surface area contributed by atoms with Crippen molar-refractivity contribution in [3.63, 3.8) is 0 Å². The first-order valence-corrected chi connectivity index (χ1v) is 5.31. The number of nitrogens with one attached hydrogen (secondary N) is 1. The maximum Gasteiger partial charge on any atom is 0.243 e. The van der Waals surface area contributed by atoms with Crippen LogP contribution in [0, 0.1) is 0 Å². The van der Waals surface area contributed by atoms with Gasteiger partial charge in [0.25, 0.3) is 0 Å².